The third kappa shape index (κ3) is 9.13. The van der Waals surface area contributed by atoms with E-state index < -0.39 is 0 Å². The molecule has 0 saturated heterocycles. The minimum absolute atomic E-state index is 0.00804. The molecule has 0 unspecified atom stereocenters. The van der Waals surface area contributed by atoms with Gasteiger partial charge in [0.05, 0.1) is 6.61 Å². The van der Waals surface area contributed by atoms with E-state index in [4.69, 9.17) is 4.74 Å². The van der Waals surface area contributed by atoms with Crippen LogP contribution in [-0.2, 0) is 11.2 Å². The first-order valence-electron chi connectivity index (χ1n) is 11.2. The Bertz CT molecular complexity index is 713. The quantitative estimate of drug-likeness (QED) is 0.231. The van der Waals surface area contributed by atoms with Gasteiger partial charge >= 0.3 is 0 Å². The Kier molecular flexibility index (Phi) is 10.9. The van der Waals surface area contributed by atoms with Crippen molar-refractivity contribution in [3.63, 3.8) is 0 Å². The predicted octanol–water partition coefficient (Wildman–Crippen LogP) is 7.56. The van der Waals surface area contributed by atoms with Crippen LogP contribution >= 0.6 is 0 Å². The van der Waals surface area contributed by atoms with Crippen LogP contribution in [0.2, 0.25) is 0 Å². The van der Waals surface area contributed by atoms with Gasteiger partial charge in [0.2, 0.25) is 0 Å². The van der Waals surface area contributed by atoms with Crippen molar-refractivity contribution in [1.82, 2.24) is 0 Å². The summed E-state index contributed by atoms with van der Waals surface area (Å²) in [6.07, 6.45) is 13.8. The smallest absolute Gasteiger partial charge is 0.158 e. The number of unbranched alkanes of at least 4 members (excludes halogenated alkanes) is 7. The van der Waals surface area contributed by atoms with Crippen LogP contribution in [0.1, 0.15) is 70.3 Å². The lowest BCUT2D eigenvalue weighted by Crippen LogP contribution is -2.03. The zero-order valence-corrected chi connectivity index (χ0v) is 18.0. The van der Waals surface area contributed by atoms with Crippen molar-refractivity contribution < 1.29 is 9.53 Å². The number of benzene rings is 2. The highest BCUT2D eigenvalue weighted by Crippen LogP contribution is 2.23. The van der Waals surface area contributed by atoms with Gasteiger partial charge in [-0.25, -0.2) is 0 Å². The second-order valence-electron chi connectivity index (χ2n) is 7.72. The van der Waals surface area contributed by atoms with E-state index in [1.165, 1.54) is 80.6 Å². The fourth-order valence-electron chi connectivity index (χ4n) is 3.44. The van der Waals surface area contributed by atoms with Gasteiger partial charge in [-0.3, -0.25) is 4.79 Å². The van der Waals surface area contributed by atoms with Crippen molar-refractivity contribution in [2.75, 3.05) is 6.61 Å². The topological polar surface area (TPSA) is 26.3 Å². The van der Waals surface area contributed by atoms with Gasteiger partial charge < -0.3 is 4.74 Å². The molecule has 0 spiro atoms. The van der Waals surface area contributed by atoms with E-state index in [2.05, 4.69) is 49.9 Å². The fraction of sp³-hybridized carbons (Fsp3) is 0.444. The van der Waals surface area contributed by atoms with Crippen LogP contribution in [0.5, 0.6) is 5.75 Å². The molecule has 0 fully saturated rings. The molecule has 0 aliphatic heterocycles. The van der Waals surface area contributed by atoms with Gasteiger partial charge in [0.1, 0.15) is 5.75 Å². The maximum absolute atomic E-state index is 11.2. The minimum Gasteiger partial charge on any atom is -0.493 e. The van der Waals surface area contributed by atoms with Crippen molar-refractivity contribution in [3.05, 3.63) is 66.7 Å². The Morgan fingerprint density at radius 2 is 1.38 bits per heavy atom. The summed E-state index contributed by atoms with van der Waals surface area (Å²) in [5.41, 5.74) is 3.82. The van der Waals surface area contributed by atoms with Crippen LogP contribution in [0, 0.1) is 0 Å². The van der Waals surface area contributed by atoms with Crippen molar-refractivity contribution in [2.45, 2.75) is 71.1 Å². The second kappa shape index (κ2) is 13.8. The molecular weight excluding hydrogens is 356 g/mol. The summed E-state index contributed by atoms with van der Waals surface area (Å²) >= 11 is 0. The van der Waals surface area contributed by atoms with Gasteiger partial charge in [-0.1, -0.05) is 94.8 Å². The first kappa shape index (κ1) is 22.9. The van der Waals surface area contributed by atoms with E-state index in [1.54, 1.807) is 0 Å². The van der Waals surface area contributed by atoms with Crippen LogP contribution in [0.3, 0.4) is 0 Å². The lowest BCUT2D eigenvalue weighted by molar-refractivity contribution is -0.115. The Hall–Kier alpha value is -2.35. The van der Waals surface area contributed by atoms with Crippen LogP contribution in [0.25, 0.3) is 11.1 Å². The van der Waals surface area contributed by atoms with Gasteiger partial charge in [0, 0.05) is 6.42 Å². The second-order valence-corrected chi connectivity index (χ2v) is 7.72. The lowest BCUT2D eigenvalue weighted by atomic mass is 10.0. The highest BCUT2D eigenvalue weighted by Gasteiger charge is 2.02. The minimum atomic E-state index is 0.00804. The van der Waals surface area contributed by atoms with Crippen molar-refractivity contribution in [1.29, 1.82) is 0 Å². The zero-order chi connectivity index (χ0) is 20.7. The summed E-state index contributed by atoms with van der Waals surface area (Å²) in [7, 11) is 0. The Balaban J connectivity index is 1.71. The molecule has 2 aromatic rings. The standard InChI is InChI=1S/C27H36O2/c1-3-5-6-7-8-9-10-11-12-23-13-15-24(16-14-23)25-17-19-27(20-18-25)29-22-21-26(28)4-2/h4,13-20H,2-3,5-12,21-22H2,1H3. The zero-order valence-electron chi connectivity index (χ0n) is 18.0. The van der Waals surface area contributed by atoms with Crippen LogP contribution < -0.4 is 4.74 Å². The van der Waals surface area contributed by atoms with Gasteiger partial charge in [-0.15, -0.1) is 0 Å². The highest BCUT2D eigenvalue weighted by molar-refractivity contribution is 5.89. The number of ether oxygens (including phenoxy) is 1. The molecule has 0 radical (unpaired) electrons. The molecule has 0 N–H and O–H groups in total. The molecule has 0 atom stereocenters. The Morgan fingerprint density at radius 1 is 0.828 bits per heavy atom. The number of hydrogen-bond donors (Lipinski definition) is 0. The molecule has 0 aromatic heterocycles. The normalized spacial score (nSPS) is 10.7. The van der Waals surface area contributed by atoms with Crippen molar-refractivity contribution in [2.24, 2.45) is 0 Å². The van der Waals surface area contributed by atoms with E-state index in [0.29, 0.717) is 13.0 Å². The number of hydrogen-bond acceptors (Lipinski definition) is 2. The number of ketones is 1. The molecule has 2 heteroatoms. The third-order valence-electron chi connectivity index (χ3n) is 5.31. The number of aryl methyl sites for hydroxylation is 1. The summed E-state index contributed by atoms with van der Waals surface area (Å²) in [6.45, 7) is 6.13. The monoisotopic (exact) mass is 392 g/mol. The Morgan fingerprint density at radius 3 is 1.97 bits per heavy atom. The molecule has 2 aromatic carbocycles. The summed E-state index contributed by atoms with van der Waals surface area (Å²) in [5, 5.41) is 0. The lowest BCUT2D eigenvalue weighted by Gasteiger charge is -2.08. The van der Waals surface area contributed by atoms with E-state index in [1.807, 2.05) is 12.1 Å². The average Bonchev–Trinajstić information content (AvgIpc) is 2.76. The number of carbonyl (C=O) groups excluding carboxylic acids is 1. The maximum atomic E-state index is 11.2. The fourth-order valence-corrected chi connectivity index (χ4v) is 3.44. The van der Waals surface area contributed by atoms with E-state index in [9.17, 15) is 4.79 Å². The molecule has 0 aliphatic carbocycles. The van der Waals surface area contributed by atoms with Crippen LogP contribution in [0.15, 0.2) is 61.2 Å². The summed E-state index contributed by atoms with van der Waals surface area (Å²) < 4.78 is 5.61. The largest absolute Gasteiger partial charge is 0.493 e. The van der Waals surface area contributed by atoms with E-state index in [0.717, 1.165) is 5.75 Å². The molecule has 0 heterocycles. The first-order valence-corrected chi connectivity index (χ1v) is 11.2. The summed E-state index contributed by atoms with van der Waals surface area (Å²) in [5.74, 6) is 0.797. The van der Waals surface area contributed by atoms with Gasteiger partial charge in [0.15, 0.2) is 5.78 Å². The molecule has 156 valence electrons. The van der Waals surface area contributed by atoms with Crippen LogP contribution in [0.4, 0.5) is 0 Å². The van der Waals surface area contributed by atoms with Crippen LogP contribution in [-0.4, -0.2) is 12.4 Å². The Labute approximate surface area is 177 Å². The van der Waals surface area contributed by atoms with Gasteiger partial charge in [-0.05, 0) is 47.7 Å². The highest BCUT2D eigenvalue weighted by atomic mass is 16.5. The van der Waals surface area contributed by atoms with E-state index >= 15 is 0 Å². The predicted molar refractivity (Wildman–Crippen MR) is 124 cm³/mol. The molecule has 29 heavy (non-hydrogen) atoms. The molecule has 0 saturated carbocycles. The molecule has 2 rings (SSSR count). The average molecular weight is 393 g/mol. The molecule has 2 nitrogen and oxygen atoms in total. The number of carbonyl (C=O) groups is 1. The summed E-state index contributed by atoms with van der Waals surface area (Å²) in [6, 6.07) is 17.0. The SMILES string of the molecule is C=CC(=O)CCOc1ccc(-c2ccc(CCCCCCCCCC)cc2)cc1. The van der Waals surface area contributed by atoms with Crippen molar-refractivity contribution in [3.8, 4) is 16.9 Å². The number of rotatable bonds is 15. The molecule has 0 aliphatic rings. The van der Waals surface area contributed by atoms with E-state index in [-0.39, 0.29) is 5.78 Å². The molecule has 0 amide bonds. The number of allylic oxidation sites excluding steroid dienone is 1. The van der Waals surface area contributed by atoms with Crippen molar-refractivity contribution >= 4 is 5.78 Å². The maximum Gasteiger partial charge on any atom is 0.158 e. The van der Waals surface area contributed by atoms with Gasteiger partial charge in [-0.2, -0.15) is 0 Å². The third-order valence-corrected chi connectivity index (χ3v) is 5.31. The molecule has 0 bridgehead atoms. The molecular formula is C27H36O2. The first-order chi connectivity index (χ1) is 14.2. The van der Waals surface area contributed by atoms with Gasteiger partial charge in [0.25, 0.3) is 0 Å². The summed E-state index contributed by atoms with van der Waals surface area (Å²) in [4.78, 5) is 11.2.